The Kier molecular flexibility index (Phi) is 2.71. The standard InChI is InChI=1S/C15H16N4/c1-11-17-15(10-14(16-2)18(11)3)19-9-8-12-6-4-5-7-13(12)19/h4-10H,1-3H3/p+1. The molecule has 96 valence electrons. The third kappa shape index (κ3) is 1.85. The van der Waals surface area contributed by atoms with Gasteiger partial charge < -0.3 is 5.32 Å². The highest BCUT2D eigenvalue weighted by Crippen LogP contribution is 2.19. The highest BCUT2D eigenvalue weighted by atomic mass is 15.2. The molecule has 4 heteroatoms. The lowest BCUT2D eigenvalue weighted by Crippen LogP contribution is -2.36. The van der Waals surface area contributed by atoms with Gasteiger partial charge in [-0.3, -0.25) is 4.57 Å². The minimum atomic E-state index is 0.932. The predicted octanol–water partition coefficient (Wildman–Crippen LogP) is 2.20. The van der Waals surface area contributed by atoms with E-state index in [1.165, 1.54) is 10.9 Å². The Morgan fingerprint density at radius 1 is 1.21 bits per heavy atom. The summed E-state index contributed by atoms with van der Waals surface area (Å²) in [5.74, 6) is 2.95. The Hall–Kier alpha value is -2.36. The largest absolute Gasteiger partial charge is 0.308 e. The van der Waals surface area contributed by atoms with Crippen molar-refractivity contribution < 1.29 is 4.57 Å². The maximum Gasteiger partial charge on any atom is 0.237 e. The van der Waals surface area contributed by atoms with Gasteiger partial charge in [0.15, 0.2) is 0 Å². The van der Waals surface area contributed by atoms with E-state index in [1.807, 2.05) is 31.7 Å². The van der Waals surface area contributed by atoms with E-state index in [2.05, 4.69) is 51.4 Å². The second-order valence-corrected chi connectivity index (χ2v) is 4.60. The van der Waals surface area contributed by atoms with Crippen molar-refractivity contribution in [1.82, 2.24) is 9.55 Å². The van der Waals surface area contributed by atoms with E-state index in [0.29, 0.717) is 0 Å². The molecule has 2 heterocycles. The van der Waals surface area contributed by atoms with E-state index in [-0.39, 0.29) is 0 Å². The summed E-state index contributed by atoms with van der Waals surface area (Å²) in [5, 5.41) is 4.42. The average Bonchev–Trinajstić information content (AvgIpc) is 2.85. The van der Waals surface area contributed by atoms with Crippen LogP contribution < -0.4 is 9.88 Å². The van der Waals surface area contributed by atoms with Crippen LogP contribution >= 0.6 is 0 Å². The van der Waals surface area contributed by atoms with Crippen LogP contribution in [0.3, 0.4) is 0 Å². The highest BCUT2D eigenvalue weighted by Gasteiger charge is 2.13. The number of rotatable bonds is 2. The lowest BCUT2D eigenvalue weighted by atomic mass is 10.2. The van der Waals surface area contributed by atoms with Crippen LogP contribution in [0.5, 0.6) is 0 Å². The first-order valence-corrected chi connectivity index (χ1v) is 6.32. The second-order valence-electron chi connectivity index (χ2n) is 4.60. The maximum atomic E-state index is 4.66. The second kappa shape index (κ2) is 4.39. The number of hydrogen-bond donors (Lipinski definition) is 1. The van der Waals surface area contributed by atoms with E-state index in [1.54, 1.807) is 0 Å². The SMILES string of the molecule is CNc1cc(-n2ccc3ccccc32)nc(C)[n+]1C. The molecule has 0 amide bonds. The molecular weight excluding hydrogens is 236 g/mol. The summed E-state index contributed by atoms with van der Waals surface area (Å²) in [6.07, 6.45) is 2.06. The highest BCUT2D eigenvalue weighted by molar-refractivity contribution is 5.81. The fourth-order valence-electron chi connectivity index (χ4n) is 2.31. The smallest absolute Gasteiger partial charge is 0.237 e. The van der Waals surface area contributed by atoms with Crippen molar-refractivity contribution in [1.29, 1.82) is 0 Å². The number of fused-ring (bicyclic) bond motifs is 1. The zero-order valence-electron chi connectivity index (χ0n) is 11.4. The van der Waals surface area contributed by atoms with Gasteiger partial charge in [0.25, 0.3) is 0 Å². The summed E-state index contributed by atoms with van der Waals surface area (Å²) >= 11 is 0. The lowest BCUT2D eigenvalue weighted by Gasteiger charge is -2.07. The summed E-state index contributed by atoms with van der Waals surface area (Å²) < 4.78 is 4.15. The fraction of sp³-hybridized carbons (Fsp3) is 0.200. The van der Waals surface area contributed by atoms with Gasteiger partial charge in [-0.2, -0.15) is 0 Å². The van der Waals surface area contributed by atoms with E-state index in [4.69, 9.17) is 0 Å². The number of anilines is 1. The minimum Gasteiger partial charge on any atom is -0.308 e. The van der Waals surface area contributed by atoms with Gasteiger partial charge in [-0.25, -0.2) is 4.57 Å². The van der Waals surface area contributed by atoms with E-state index >= 15 is 0 Å². The van der Waals surface area contributed by atoms with Crippen LogP contribution in [0, 0.1) is 6.92 Å². The average molecular weight is 253 g/mol. The number of aryl methyl sites for hydroxylation is 1. The molecule has 2 aromatic heterocycles. The molecule has 0 saturated heterocycles. The lowest BCUT2D eigenvalue weighted by molar-refractivity contribution is -0.666. The molecule has 1 aromatic carbocycles. The third-order valence-electron chi connectivity index (χ3n) is 3.49. The van der Waals surface area contributed by atoms with Crippen LogP contribution in [0.2, 0.25) is 0 Å². The molecule has 0 aliphatic heterocycles. The first-order valence-electron chi connectivity index (χ1n) is 6.32. The van der Waals surface area contributed by atoms with Crippen molar-refractivity contribution >= 4 is 16.7 Å². The predicted molar refractivity (Wildman–Crippen MR) is 76.5 cm³/mol. The van der Waals surface area contributed by atoms with Crippen LogP contribution in [-0.2, 0) is 7.05 Å². The monoisotopic (exact) mass is 253 g/mol. The zero-order valence-corrected chi connectivity index (χ0v) is 11.4. The van der Waals surface area contributed by atoms with Gasteiger partial charge in [0, 0.05) is 25.6 Å². The number of hydrogen-bond acceptors (Lipinski definition) is 2. The molecule has 0 spiro atoms. The van der Waals surface area contributed by atoms with Crippen molar-refractivity contribution in [3.05, 3.63) is 48.4 Å². The first kappa shape index (κ1) is 11.7. The molecule has 19 heavy (non-hydrogen) atoms. The van der Waals surface area contributed by atoms with Crippen molar-refractivity contribution in [2.45, 2.75) is 6.92 Å². The Morgan fingerprint density at radius 2 is 2.00 bits per heavy atom. The normalized spacial score (nSPS) is 10.9. The van der Waals surface area contributed by atoms with Crippen molar-refractivity contribution in [3.63, 3.8) is 0 Å². The number of aromatic nitrogens is 3. The van der Waals surface area contributed by atoms with Gasteiger partial charge in [0.2, 0.25) is 17.5 Å². The molecule has 0 unspecified atom stereocenters. The van der Waals surface area contributed by atoms with Crippen LogP contribution in [-0.4, -0.2) is 16.6 Å². The third-order valence-corrected chi connectivity index (χ3v) is 3.49. The van der Waals surface area contributed by atoms with Crippen LogP contribution in [0.4, 0.5) is 5.82 Å². The van der Waals surface area contributed by atoms with Gasteiger partial charge in [0.05, 0.1) is 18.6 Å². The maximum absolute atomic E-state index is 4.66. The van der Waals surface area contributed by atoms with Crippen LogP contribution in [0.1, 0.15) is 5.82 Å². The van der Waals surface area contributed by atoms with Gasteiger partial charge in [-0.15, -0.1) is 0 Å². The summed E-state index contributed by atoms with van der Waals surface area (Å²) in [5.41, 5.74) is 1.17. The molecule has 4 nitrogen and oxygen atoms in total. The Morgan fingerprint density at radius 3 is 2.79 bits per heavy atom. The Balaban J connectivity index is 2.24. The number of nitrogens with zero attached hydrogens (tertiary/aromatic N) is 3. The van der Waals surface area contributed by atoms with Gasteiger partial charge in [-0.05, 0) is 12.1 Å². The molecule has 0 aliphatic carbocycles. The molecule has 0 atom stereocenters. The molecule has 0 fully saturated rings. The molecule has 3 aromatic rings. The first-order chi connectivity index (χ1) is 9.20. The molecule has 0 saturated carbocycles. The molecule has 0 radical (unpaired) electrons. The molecule has 0 bridgehead atoms. The zero-order chi connectivity index (χ0) is 13.4. The number of benzene rings is 1. The van der Waals surface area contributed by atoms with E-state index < -0.39 is 0 Å². The molecule has 0 aliphatic rings. The van der Waals surface area contributed by atoms with Gasteiger partial charge >= 0.3 is 0 Å². The molecule has 3 rings (SSSR count). The van der Waals surface area contributed by atoms with Crippen LogP contribution in [0.25, 0.3) is 16.7 Å². The summed E-state index contributed by atoms with van der Waals surface area (Å²) in [6.45, 7) is 2.01. The van der Waals surface area contributed by atoms with Crippen molar-refractivity contribution in [3.8, 4) is 5.82 Å². The van der Waals surface area contributed by atoms with Gasteiger partial charge in [0.1, 0.15) is 0 Å². The Labute approximate surface area is 112 Å². The van der Waals surface area contributed by atoms with Crippen molar-refractivity contribution in [2.75, 3.05) is 12.4 Å². The Bertz CT molecular complexity index is 743. The van der Waals surface area contributed by atoms with E-state index in [0.717, 1.165) is 17.5 Å². The quantitative estimate of drug-likeness (QED) is 0.710. The summed E-state index contributed by atoms with van der Waals surface area (Å²) in [4.78, 5) is 4.66. The topological polar surface area (TPSA) is 33.7 Å². The molecular formula is C15H17N4+. The minimum absolute atomic E-state index is 0.932. The fourth-order valence-corrected chi connectivity index (χ4v) is 2.31. The van der Waals surface area contributed by atoms with Crippen molar-refractivity contribution in [2.24, 2.45) is 7.05 Å². The van der Waals surface area contributed by atoms with Crippen LogP contribution in [0.15, 0.2) is 42.6 Å². The number of para-hydroxylation sites is 1. The van der Waals surface area contributed by atoms with E-state index in [9.17, 15) is 0 Å². The summed E-state index contributed by atoms with van der Waals surface area (Å²) in [6, 6.07) is 12.5. The van der Waals surface area contributed by atoms with Gasteiger partial charge in [-0.1, -0.05) is 23.2 Å². The molecule has 1 N–H and O–H groups in total. The summed E-state index contributed by atoms with van der Waals surface area (Å²) in [7, 11) is 3.93. The number of nitrogens with one attached hydrogen (secondary N) is 1.